The molecule has 0 aromatic heterocycles. The van der Waals surface area contributed by atoms with Crippen LogP contribution in [-0.4, -0.2) is 89.3 Å². The van der Waals surface area contributed by atoms with E-state index in [0.29, 0.717) is 19.6 Å². The van der Waals surface area contributed by atoms with E-state index in [1.54, 1.807) is 0 Å². The van der Waals surface area contributed by atoms with Crippen LogP contribution in [0.15, 0.2) is 0 Å². The lowest BCUT2D eigenvalue weighted by molar-refractivity contribution is -0.139. The van der Waals surface area contributed by atoms with Crippen LogP contribution in [-0.2, 0) is 9.53 Å². The maximum atomic E-state index is 12.4. The largest absolute Gasteiger partial charge is 0.444 e. The van der Waals surface area contributed by atoms with Gasteiger partial charge in [-0.3, -0.25) is 9.69 Å². The quantitative estimate of drug-likeness (QED) is 0.818. The molecule has 2 aliphatic rings. The molecular formula is C16H29N3O4. The van der Waals surface area contributed by atoms with Gasteiger partial charge in [0.2, 0.25) is 5.91 Å². The average molecular weight is 327 g/mol. The molecule has 23 heavy (non-hydrogen) atoms. The van der Waals surface area contributed by atoms with E-state index in [4.69, 9.17) is 9.84 Å². The van der Waals surface area contributed by atoms with Crippen LogP contribution < -0.4 is 0 Å². The summed E-state index contributed by atoms with van der Waals surface area (Å²) in [7, 11) is 0. The molecule has 0 aromatic rings. The molecule has 2 saturated heterocycles. The molecule has 7 heteroatoms. The van der Waals surface area contributed by atoms with Crippen molar-refractivity contribution in [3.63, 3.8) is 0 Å². The molecule has 7 nitrogen and oxygen atoms in total. The third-order valence-electron chi connectivity index (χ3n) is 4.32. The van der Waals surface area contributed by atoms with Gasteiger partial charge in [0.1, 0.15) is 12.1 Å². The average Bonchev–Trinajstić information content (AvgIpc) is 2.47. The Hall–Kier alpha value is -1.34. The van der Waals surface area contributed by atoms with Crippen LogP contribution in [0.1, 0.15) is 33.6 Å². The molecule has 0 aliphatic carbocycles. The predicted molar refractivity (Wildman–Crippen MR) is 86.1 cm³/mol. The Morgan fingerprint density at radius 1 is 1.22 bits per heavy atom. The highest BCUT2D eigenvalue weighted by Gasteiger charge is 2.34. The summed E-state index contributed by atoms with van der Waals surface area (Å²) >= 11 is 0. The van der Waals surface area contributed by atoms with Gasteiger partial charge < -0.3 is 19.6 Å². The summed E-state index contributed by atoms with van der Waals surface area (Å²) in [6.45, 7) is 9.36. The van der Waals surface area contributed by atoms with Gasteiger partial charge in [0.25, 0.3) is 0 Å². The second kappa shape index (κ2) is 7.49. The number of amides is 2. The molecule has 2 heterocycles. The van der Waals surface area contributed by atoms with Gasteiger partial charge in [0.15, 0.2) is 0 Å². The molecule has 0 radical (unpaired) electrons. The summed E-state index contributed by atoms with van der Waals surface area (Å²) < 4.78 is 5.33. The smallest absolute Gasteiger partial charge is 0.410 e. The van der Waals surface area contributed by atoms with Crippen LogP contribution in [0.3, 0.4) is 0 Å². The molecule has 0 spiro atoms. The van der Waals surface area contributed by atoms with Gasteiger partial charge in [-0.05, 0) is 33.6 Å². The van der Waals surface area contributed by atoms with E-state index in [1.807, 2.05) is 25.7 Å². The Bertz CT molecular complexity index is 428. The van der Waals surface area contributed by atoms with E-state index < -0.39 is 11.7 Å². The van der Waals surface area contributed by atoms with E-state index in [0.717, 1.165) is 25.9 Å². The lowest BCUT2D eigenvalue weighted by Gasteiger charge is -2.42. The zero-order valence-electron chi connectivity index (χ0n) is 14.5. The molecule has 2 amide bonds. The minimum absolute atomic E-state index is 0.00252. The van der Waals surface area contributed by atoms with Crippen molar-refractivity contribution < 1.29 is 19.4 Å². The standard InChI is InChI=1S/C16H29N3O4/c1-16(2,3)23-15(22)18-8-9-19(14(21)12-18)13-4-6-17(7-5-13)10-11-20/h13,20H,4-12H2,1-3H3. The third-order valence-corrected chi connectivity index (χ3v) is 4.32. The van der Waals surface area contributed by atoms with Gasteiger partial charge in [0.05, 0.1) is 6.61 Å². The number of aliphatic hydroxyl groups is 1. The third kappa shape index (κ3) is 5.07. The van der Waals surface area contributed by atoms with Gasteiger partial charge in [-0.25, -0.2) is 4.79 Å². The molecule has 0 atom stereocenters. The molecule has 0 aromatic carbocycles. The Kier molecular flexibility index (Phi) is 5.86. The maximum absolute atomic E-state index is 12.4. The Morgan fingerprint density at radius 2 is 1.87 bits per heavy atom. The van der Waals surface area contributed by atoms with E-state index in [1.165, 1.54) is 4.90 Å². The minimum Gasteiger partial charge on any atom is -0.444 e. The second-order valence-corrected chi connectivity index (χ2v) is 7.29. The number of β-amino-alcohol motifs (C(OH)–C–C–N with tert-alkyl or cyclic N) is 1. The van der Waals surface area contributed by atoms with E-state index in [2.05, 4.69) is 4.90 Å². The molecule has 132 valence electrons. The fourth-order valence-electron chi connectivity index (χ4n) is 3.15. The van der Waals surface area contributed by atoms with Gasteiger partial charge in [-0.1, -0.05) is 0 Å². The van der Waals surface area contributed by atoms with Crippen molar-refractivity contribution in [2.45, 2.75) is 45.3 Å². The molecule has 2 rings (SSSR count). The summed E-state index contributed by atoms with van der Waals surface area (Å²) in [5.74, 6) is 0.00252. The normalized spacial score (nSPS) is 21.7. The van der Waals surface area contributed by atoms with Crippen LogP contribution in [0.5, 0.6) is 0 Å². The number of carbonyl (C=O) groups excluding carboxylic acids is 2. The summed E-state index contributed by atoms with van der Waals surface area (Å²) in [6, 6.07) is 0.248. The Labute approximate surface area is 138 Å². The zero-order valence-corrected chi connectivity index (χ0v) is 14.5. The first kappa shape index (κ1) is 18.0. The molecule has 0 bridgehead atoms. The molecule has 2 fully saturated rings. The maximum Gasteiger partial charge on any atom is 0.410 e. The van der Waals surface area contributed by atoms with Crippen LogP contribution in [0.25, 0.3) is 0 Å². The highest BCUT2D eigenvalue weighted by atomic mass is 16.6. The van der Waals surface area contributed by atoms with Gasteiger partial charge >= 0.3 is 6.09 Å². The second-order valence-electron chi connectivity index (χ2n) is 7.29. The summed E-state index contributed by atoms with van der Waals surface area (Å²) in [6.07, 6.45) is 1.44. The van der Waals surface area contributed by atoms with Crippen molar-refractivity contribution >= 4 is 12.0 Å². The molecule has 2 aliphatic heterocycles. The Balaban J connectivity index is 1.83. The fraction of sp³-hybridized carbons (Fsp3) is 0.875. The lowest BCUT2D eigenvalue weighted by atomic mass is 10.0. The van der Waals surface area contributed by atoms with Crippen molar-refractivity contribution in [1.29, 1.82) is 0 Å². The van der Waals surface area contributed by atoms with Gasteiger partial charge in [0, 0.05) is 38.8 Å². The highest BCUT2D eigenvalue weighted by Crippen LogP contribution is 2.20. The first-order valence-corrected chi connectivity index (χ1v) is 8.41. The number of ether oxygens (including phenoxy) is 1. The van der Waals surface area contributed by atoms with Gasteiger partial charge in [-0.15, -0.1) is 0 Å². The first-order valence-electron chi connectivity index (χ1n) is 8.41. The minimum atomic E-state index is -0.545. The molecule has 1 N–H and O–H groups in total. The number of nitrogens with zero attached hydrogens (tertiary/aromatic N) is 3. The van der Waals surface area contributed by atoms with Crippen LogP contribution >= 0.6 is 0 Å². The summed E-state index contributed by atoms with van der Waals surface area (Å²) in [5, 5.41) is 8.98. The Morgan fingerprint density at radius 3 is 2.39 bits per heavy atom. The zero-order chi connectivity index (χ0) is 17.0. The number of hydrogen-bond acceptors (Lipinski definition) is 5. The van der Waals surface area contributed by atoms with Crippen LogP contribution in [0.2, 0.25) is 0 Å². The number of piperidine rings is 1. The van der Waals surface area contributed by atoms with Crippen molar-refractivity contribution in [2.24, 2.45) is 0 Å². The molecular weight excluding hydrogens is 298 g/mol. The van der Waals surface area contributed by atoms with Crippen molar-refractivity contribution in [2.75, 3.05) is 45.9 Å². The summed E-state index contributed by atoms with van der Waals surface area (Å²) in [4.78, 5) is 30.1. The summed E-state index contributed by atoms with van der Waals surface area (Å²) in [5.41, 5.74) is -0.545. The van der Waals surface area contributed by atoms with Crippen molar-refractivity contribution in [3.8, 4) is 0 Å². The predicted octanol–water partition coefficient (Wildman–Crippen LogP) is 0.522. The van der Waals surface area contributed by atoms with Crippen molar-refractivity contribution in [3.05, 3.63) is 0 Å². The van der Waals surface area contributed by atoms with E-state index >= 15 is 0 Å². The molecule has 0 saturated carbocycles. The van der Waals surface area contributed by atoms with Gasteiger partial charge in [-0.2, -0.15) is 0 Å². The SMILES string of the molecule is CC(C)(C)OC(=O)N1CCN(C2CCN(CCO)CC2)C(=O)C1. The number of likely N-dealkylation sites (tertiary alicyclic amines) is 1. The topological polar surface area (TPSA) is 73.3 Å². The van der Waals surface area contributed by atoms with E-state index in [-0.39, 0.29) is 25.1 Å². The fourth-order valence-corrected chi connectivity index (χ4v) is 3.15. The molecule has 0 unspecified atom stereocenters. The van der Waals surface area contributed by atoms with Crippen LogP contribution in [0.4, 0.5) is 4.79 Å². The number of aliphatic hydroxyl groups excluding tert-OH is 1. The lowest BCUT2D eigenvalue weighted by Crippen LogP contribution is -2.57. The number of piperazine rings is 1. The van der Waals surface area contributed by atoms with E-state index in [9.17, 15) is 9.59 Å². The van der Waals surface area contributed by atoms with Crippen molar-refractivity contribution in [1.82, 2.24) is 14.7 Å². The van der Waals surface area contributed by atoms with Crippen LogP contribution in [0, 0.1) is 0 Å². The number of hydrogen-bond donors (Lipinski definition) is 1. The monoisotopic (exact) mass is 327 g/mol. The first-order chi connectivity index (χ1) is 10.8. The number of rotatable bonds is 3. The number of carbonyl (C=O) groups is 2. The highest BCUT2D eigenvalue weighted by molar-refractivity contribution is 5.83.